The SMILES string of the molecule is COc1cc(OCC(=O)NC2CC3CCC(C2)N3)ccc1[N+](=O)[O-].Cl. The number of hydrogen-bond acceptors (Lipinski definition) is 6. The number of nitrogens with zero attached hydrogens (tertiary/aromatic N) is 1. The molecule has 0 aliphatic carbocycles. The second-order valence-corrected chi connectivity index (χ2v) is 6.25. The summed E-state index contributed by atoms with van der Waals surface area (Å²) in [5.74, 6) is 0.282. The molecule has 25 heavy (non-hydrogen) atoms. The summed E-state index contributed by atoms with van der Waals surface area (Å²) >= 11 is 0. The summed E-state index contributed by atoms with van der Waals surface area (Å²) in [5.41, 5.74) is -0.139. The summed E-state index contributed by atoms with van der Waals surface area (Å²) in [7, 11) is 1.35. The topological polar surface area (TPSA) is 103 Å². The average Bonchev–Trinajstić information content (AvgIpc) is 2.91. The van der Waals surface area contributed by atoms with Crippen LogP contribution in [0.15, 0.2) is 18.2 Å². The Morgan fingerprint density at radius 1 is 1.36 bits per heavy atom. The molecule has 9 heteroatoms. The minimum absolute atomic E-state index is 0. The Hall–Kier alpha value is -2.06. The minimum atomic E-state index is -0.527. The largest absolute Gasteiger partial charge is 0.490 e. The van der Waals surface area contributed by atoms with E-state index < -0.39 is 4.92 Å². The average molecular weight is 372 g/mol. The van der Waals surface area contributed by atoms with E-state index >= 15 is 0 Å². The number of ether oxygens (including phenoxy) is 2. The van der Waals surface area contributed by atoms with E-state index in [2.05, 4.69) is 10.6 Å². The lowest BCUT2D eigenvalue weighted by atomic mass is 10.00. The quantitative estimate of drug-likeness (QED) is 0.584. The molecule has 0 aromatic heterocycles. The number of methoxy groups -OCH3 is 1. The lowest BCUT2D eigenvalue weighted by Crippen LogP contribution is -2.48. The third-order valence-corrected chi connectivity index (χ3v) is 4.56. The van der Waals surface area contributed by atoms with E-state index in [1.165, 1.54) is 38.2 Å². The first kappa shape index (κ1) is 19.3. The number of nitro benzene ring substituents is 1. The van der Waals surface area contributed by atoms with E-state index in [1.54, 1.807) is 0 Å². The molecule has 2 N–H and O–H groups in total. The monoisotopic (exact) mass is 371 g/mol. The molecule has 138 valence electrons. The van der Waals surface area contributed by atoms with Crippen LogP contribution >= 0.6 is 12.4 Å². The maximum Gasteiger partial charge on any atom is 0.311 e. The zero-order chi connectivity index (χ0) is 17.1. The standard InChI is InChI=1S/C16H21N3O5.ClH/c1-23-15-8-13(4-5-14(15)19(21)22)24-9-16(20)18-12-6-10-2-3-11(7-12)17-10;/h4-5,8,10-12,17H,2-3,6-7,9H2,1H3,(H,18,20);1H. The number of rotatable bonds is 6. The number of hydrogen-bond donors (Lipinski definition) is 2. The molecule has 2 fully saturated rings. The van der Waals surface area contributed by atoms with Crippen LogP contribution in [0.1, 0.15) is 25.7 Å². The number of carbonyl (C=O) groups is 1. The second-order valence-electron chi connectivity index (χ2n) is 6.25. The van der Waals surface area contributed by atoms with Crippen molar-refractivity contribution in [3.05, 3.63) is 28.3 Å². The summed E-state index contributed by atoms with van der Waals surface area (Å²) in [4.78, 5) is 22.4. The van der Waals surface area contributed by atoms with Gasteiger partial charge in [0.15, 0.2) is 6.61 Å². The van der Waals surface area contributed by atoms with Gasteiger partial charge >= 0.3 is 5.69 Å². The minimum Gasteiger partial charge on any atom is -0.490 e. The Labute approximate surface area is 151 Å². The smallest absolute Gasteiger partial charge is 0.311 e. The molecule has 3 rings (SSSR count). The van der Waals surface area contributed by atoms with Crippen LogP contribution in [0.2, 0.25) is 0 Å². The Kier molecular flexibility index (Phi) is 6.44. The van der Waals surface area contributed by atoms with Crippen LogP contribution in [0, 0.1) is 10.1 Å². The number of fused-ring (bicyclic) bond motifs is 2. The van der Waals surface area contributed by atoms with Crippen molar-refractivity contribution in [1.29, 1.82) is 0 Å². The van der Waals surface area contributed by atoms with Gasteiger partial charge in [-0.2, -0.15) is 0 Å². The fraction of sp³-hybridized carbons (Fsp3) is 0.562. The first-order valence-electron chi connectivity index (χ1n) is 8.06. The third-order valence-electron chi connectivity index (χ3n) is 4.56. The van der Waals surface area contributed by atoms with Gasteiger partial charge in [0.2, 0.25) is 5.75 Å². The summed E-state index contributed by atoms with van der Waals surface area (Å²) in [6.45, 7) is -0.125. The lowest BCUT2D eigenvalue weighted by Gasteiger charge is -2.29. The molecule has 2 bridgehead atoms. The summed E-state index contributed by atoms with van der Waals surface area (Å²) in [6, 6.07) is 5.37. The van der Waals surface area contributed by atoms with Crippen LogP contribution in [-0.2, 0) is 4.79 Å². The number of nitro groups is 1. The van der Waals surface area contributed by atoms with Crippen LogP contribution in [0.5, 0.6) is 11.5 Å². The number of carbonyl (C=O) groups excluding carboxylic acids is 1. The predicted octanol–water partition coefficient (Wildman–Crippen LogP) is 1.80. The highest BCUT2D eigenvalue weighted by Gasteiger charge is 2.33. The highest BCUT2D eigenvalue weighted by Crippen LogP contribution is 2.31. The molecule has 2 aliphatic rings. The summed E-state index contributed by atoms with van der Waals surface area (Å²) in [5, 5.41) is 17.4. The van der Waals surface area contributed by atoms with Crippen LogP contribution in [-0.4, -0.2) is 42.7 Å². The van der Waals surface area contributed by atoms with Gasteiger partial charge in [0, 0.05) is 30.3 Å². The van der Waals surface area contributed by atoms with Gasteiger partial charge in [0.25, 0.3) is 5.91 Å². The molecule has 2 unspecified atom stereocenters. The van der Waals surface area contributed by atoms with Gasteiger partial charge in [-0.3, -0.25) is 14.9 Å². The molecule has 1 aromatic rings. The molecule has 0 saturated carbocycles. The van der Waals surface area contributed by atoms with E-state index in [1.807, 2.05) is 0 Å². The Balaban J connectivity index is 0.00000225. The van der Waals surface area contributed by atoms with Crippen molar-refractivity contribution in [2.75, 3.05) is 13.7 Å². The number of nitrogens with one attached hydrogen (secondary N) is 2. The van der Waals surface area contributed by atoms with Gasteiger partial charge in [-0.1, -0.05) is 0 Å². The Morgan fingerprint density at radius 2 is 2.04 bits per heavy atom. The maximum absolute atomic E-state index is 12.1. The zero-order valence-corrected chi connectivity index (χ0v) is 14.7. The number of benzene rings is 1. The molecule has 2 heterocycles. The van der Waals surface area contributed by atoms with Gasteiger partial charge in [-0.15, -0.1) is 12.4 Å². The van der Waals surface area contributed by atoms with Gasteiger partial charge < -0.3 is 20.1 Å². The van der Waals surface area contributed by atoms with Crippen molar-refractivity contribution in [3.8, 4) is 11.5 Å². The van der Waals surface area contributed by atoms with Crippen LogP contribution in [0.3, 0.4) is 0 Å². The van der Waals surface area contributed by atoms with Crippen LogP contribution in [0.25, 0.3) is 0 Å². The van der Waals surface area contributed by atoms with E-state index in [-0.39, 0.29) is 42.4 Å². The Morgan fingerprint density at radius 3 is 2.64 bits per heavy atom. The molecule has 2 saturated heterocycles. The van der Waals surface area contributed by atoms with Crippen molar-refractivity contribution in [2.45, 2.75) is 43.8 Å². The maximum atomic E-state index is 12.1. The number of amides is 1. The van der Waals surface area contributed by atoms with Crippen molar-refractivity contribution in [1.82, 2.24) is 10.6 Å². The van der Waals surface area contributed by atoms with E-state index in [9.17, 15) is 14.9 Å². The first-order chi connectivity index (χ1) is 11.5. The Bertz CT molecular complexity index is 630. The van der Waals surface area contributed by atoms with Crippen molar-refractivity contribution < 1.29 is 19.2 Å². The van der Waals surface area contributed by atoms with Gasteiger partial charge in [-0.05, 0) is 31.7 Å². The van der Waals surface area contributed by atoms with Crippen molar-refractivity contribution in [3.63, 3.8) is 0 Å². The van der Waals surface area contributed by atoms with Crippen LogP contribution in [0.4, 0.5) is 5.69 Å². The summed E-state index contributed by atoms with van der Waals surface area (Å²) < 4.78 is 10.4. The van der Waals surface area contributed by atoms with Gasteiger partial charge in [-0.25, -0.2) is 0 Å². The lowest BCUT2D eigenvalue weighted by molar-refractivity contribution is -0.385. The third kappa shape index (κ3) is 4.73. The highest BCUT2D eigenvalue weighted by atomic mass is 35.5. The van der Waals surface area contributed by atoms with E-state index in [0.717, 1.165) is 12.8 Å². The summed E-state index contributed by atoms with van der Waals surface area (Å²) in [6.07, 6.45) is 4.26. The van der Waals surface area contributed by atoms with E-state index in [4.69, 9.17) is 9.47 Å². The number of piperidine rings is 1. The fourth-order valence-electron chi connectivity index (χ4n) is 3.49. The molecule has 1 aromatic carbocycles. The first-order valence-corrected chi connectivity index (χ1v) is 8.06. The fourth-order valence-corrected chi connectivity index (χ4v) is 3.49. The molecule has 0 radical (unpaired) electrons. The predicted molar refractivity (Wildman–Crippen MR) is 93.5 cm³/mol. The molecule has 2 aliphatic heterocycles. The van der Waals surface area contributed by atoms with Gasteiger partial charge in [0.05, 0.1) is 12.0 Å². The highest BCUT2D eigenvalue weighted by molar-refractivity contribution is 5.85. The zero-order valence-electron chi connectivity index (χ0n) is 13.9. The molecular weight excluding hydrogens is 350 g/mol. The molecule has 0 spiro atoms. The van der Waals surface area contributed by atoms with Crippen molar-refractivity contribution >= 4 is 24.0 Å². The second kappa shape index (κ2) is 8.35. The van der Waals surface area contributed by atoms with Crippen LogP contribution < -0.4 is 20.1 Å². The van der Waals surface area contributed by atoms with Gasteiger partial charge in [0.1, 0.15) is 5.75 Å². The molecule has 2 atom stereocenters. The van der Waals surface area contributed by atoms with Crippen molar-refractivity contribution in [2.24, 2.45) is 0 Å². The van der Waals surface area contributed by atoms with E-state index in [0.29, 0.717) is 17.8 Å². The molecule has 1 amide bonds. The molecule has 8 nitrogen and oxygen atoms in total. The number of halogens is 1. The normalized spacial score (nSPS) is 24.1. The molecular formula is C16H22ClN3O5.